The first-order valence-corrected chi connectivity index (χ1v) is 9.72. The first kappa shape index (κ1) is 22.9. The van der Waals surface area contributed by atoms with Gasteiger partial charge in [-0.2, -0.15) is 0 Å². The lowest BCUT2D eigenvalue weighted by molar-refractivity contribution is -0.176. The summed E-state index contributed by atoms with van der Waals surface area (Å²) in [5, 5.41) is 0. The van der Waals surface area contributed by atoms with Gasteiger partial charge in [-0.1, -0.05) is 53.9 Å². The zero-order valence-corrected chi connectivity index (χ0v) is 16.7. The zero-order chi connectivity index (χ0) is 18.6. The summed E-state index contributed by atoms with van der Waals surface area (Å²) < 4.78 is 11.0. The van der Waals surface area contributed by atoms with E-state index in [1.54, 1.807) is 0 Å². The molecule has 1 unspecified atom stereocenters. The van der Waals surface area contributed by atoms with Gasteiger partial charge in [-0.3, -0.25) is 9.59 Å². The van der Waals surface area contributed by atoms with Crippen molar-refractivity contribution in [2.75, 3.05) is 6.61 Å². The number of carbonyl (C=O) groups is 2. The van der Waals surface area contributed by atoms with E-state index in [1.165, 1.54) is 0 Å². The monoisotopic (exact) mass is 342 g/mol. The molecule has 0 saturated heterocycles. The molecule has 1 atom stereocenters. The Labute approximate surface area is 148 Å². The van der Waals surface area contributed by atoms with Gasteiger partial charge in [0.05, 0.1) is 12.7 Å². The van der Waals surface area contributed by atoms with Crippen LogP contribution < -0.4 is 0 Å². The van der Waals surface area contributed by atoms with Crippen LogP contribution in [-0.2, 0) is 19.1 Å². The number of carbonyl (C=O) groups excluding carboxylic acids is 2. The highest BCUT2D eigenvalue weighted by Gasteiger charge is 2.46. The third-order valence-corrected chi connectivity index (χ3v) is 4.68. The lowest BCUT2D eigenvalue weighted by Gasteiger charge is -2.28. The van der Waals surface area contributed by atoms with Crippen LogP contribution >= 0.6 is 0 Å². The van der Waals surface area contributed by atoms with E-state index in [4.69, 9.17) is 9.47 Å². The van der Waals surface area contributed by atoms with Crippen LogP contribution in [0.1, 0.15) is 92.9 Å². The molecule has 0 aliphatic rings. The molecule has 0 radical (unpaired) electrons. The van der Waals surface area contributed by atoms with E-state index in [1.807, 2.05) is 20.8 Å². The van der Waals surface area contributed by atoms with E-state index < -0.39 is 17.4 Å². The van der Waals surface area contributed by atoms with Crippen molar-refractivity contribution < 1.29 is 19.1 Å². The second-order valence-electron chi connectivity index (χ2n) is 7.17. The minimum absolute atomic E-state index is 0.172. The molecule has 0 aliphatic heterocycles. The minimum atomic E-state index is -1.16. The Kier molecular flexibility index (Phi) is 11.8. The van der Waals surface area contributed by atoms with Gasteiger partial charge in [0.2, 0.25) is 0 Å². The van der Waals surface area contributed by atoms with Crippen LogP contribution in [0.2, 0.25) is 0 Å². The highest BCUT2D eigenvalue weighted by Crippen LogP contribution is 2.31. The molecule has 0 aromatic heterocycles. The molecule has 0 N–H and O–H groups in total. The molecule has 0 aromatic rings. The Balaban J connectivity index is 4.65. The van der Waals surface area contributed by atoms with Gasteiger partial charge in [0.25, 0.3) is 0 Å². The Morgan fingerprint density at radius 2 is 1.50 bits per heavy atom. The van der Waals surface area contributed by atoms with Crippen LogP contribution in [0, 0.1) is 11.3 Å². The fraction of sp³-hybridized carbons (Fsp3) is 0.900. The number of ether oxygens (including phenoxy) is 2. The van der Waals surface area contributed by atoms with Gasteiger partial charge in [0.15, 0.2) is 5.41 Å². The van der Waals surface area contributed by atoms with Crippen molar-refractivity contribution in [1.29, 1.82) is 0 Å². The van der Waals surface area contributed by atoms with Crippen molar-refractivity contribution in [3.63, 3.8) is 0 Å². The summed E-state index contributed by atoms with van der Waals surface area (Å²) in [6.45, 7) is 12.4. The third-order valence-electron chi connectivity index (χ3n) is 4.68. The third kappa shape index (κ3) is 7.67. The maximum atomic E-state index is 12.6. The summed E-state index contributed by atoms with van der Waals surface area (Å²) in [5.74, 6) is -0.284. The van der Waals surface area contributed by atoms with Crippen molar-refractivity contribution in [2.45, 2.75) is 99.0 Å². The maximum Gasteiger partial charge on any atom is 0.323 e. The fourth-order valence-electron chi connectivity index (χ4n) is 2.67. The van der Waals surface area contributed by atoms with Crippen LogP contribution in [0.15, 0.2) is 0 Å². The van der Waals surface area contributed by atoms with Gasteiger partial charge in [-0.05, 0) is 44.9 Å². The van der Waals surface area contributed by atoms with Crippen LogP contribution in [0.4, 0.5) is 0 Å². The maximum absolute atomic E-state index is 12.6. The Morgan fingerprint density at radius 3 is 2.00 bits per heavy atom. The summed E-state index contributed by atoms with van der Waals surface area (Å²) >= 11 is 0. The van der Waals surface area contributed by atoms with E-state index in [2.05, 4.69) is 20.8 Å². The van der Waals surface area contributed by atoms with Gasteiger partial charge >= 0.3 is 11.9 Å². The van der Waals surface area contributed by atoms with Crippen molar-refractivity contribution in [2.24, 2.45) is 11.3 Å². The van der Waals surface area contributed by atoms with Crippen molar-refractivity contribution in [1.82, 2.24) is 0 Å². The lowest BCUT2D eigenvalue weighted by Crippen LogP contribution is -2.42. The molecule has 4 heteroatoms. The summed E-state index contributed by atoms with van der Waals surface area (Å²) in [6.07, 6.45) is 6.65. The van der Waals surface area contributed by atoms with Crippen LogP contribution in [0.25, 0.3) is 0 Å². The number of unbranched alkanes of at least 4 members (excludes halogenated alkanes) is 3. The Bertz CT molecular complexity index is 359. The quantitative estimate of drug-likeness (QED) is 0.259. The summed E-state index contributed by atoms with van der Waals surface area (Å²) in [5.41, 5.74) is -1.16. The smallest absolute Gasteiger partial charge is 0.323 e. The lowest BCUT2D eigenvalue weighted by atomic mass is 9.82. The Morgan fingerprint density at radius 1 is 0.875 bits per heavy atom. The SMILES string of the molecule is CCCCCCOC(=O)C(CC)(CC)C(=O)OC(C)CCC(C)C. The first-order chi connectivity index (χ1) is 11.3. The highest BCUT2D eigenvalue weighted by molar-refractivity contribution is 6.00. The van der Waals surface area contributed by atoms with Crippen LogP contribution in [-0.4, -0.2) is 24.6 Å². The second kappa shape index (κ2) is 12.3. The number of hydrogen-bond acceptors (Lipinski definition) is 4. The van der Waals surface area contributed by atoms with Crippen LogP contribution in [0.5, 0.6) is 0 Å². The second-order valence-corrected chi connectivity index (χ2v) is 7.17. The van der Waals surface area contributed by atoms with Gasteiger partial charge in [0, 0.05) is 0 Å². The van der Waals surface area contributed by atoms with E-state index in [0.717, 1.165) is 38.5 Å². The largest absolute Gasteiger partial charge is 0.465 e. The molecule has 142 valence electrons. The average molecular weight is 343 g/mol. The molecule has 0 aromatic carbocycles. The highest BCUT2D eigenvalue weighted by atomic mass is 16.6. The van der Waals surface area contributed by atoms with Crippen molar-refractivity contribution in [3.8, 4) is 0 Å². The molecule has 0 fully saturated rings. The van der Waals surface area contributed by atoms with Crippen LogP contribution in [0.3, 0.4) is 0 Å². The standard InChI is InChI=1S/C20H38O4/c1-7-10-11-12-15-23-18(21)20(8-2,9-3)19(22)24-17(6)14-13-16(4)5/h16-17H,7-15H2,1-6H3. The van der Waals surface area contributed by atoms with E-state index in [9.17, 15) is 9.59 Å². The Hall–Kier alpha value is -1.06. The van der Waals surface area contributed by atoms with Gasteiger partial charge in [0.1, 0.15) is 0 Å². The molecule has 0 saturated carbocycles. The first-order valence-electron chi connectivity index (χ1n) is 9.72. The molecular weight excluding hydrogens is 304 g/mol. The molecule has 24 heavy (non-hydrogen) atoms. The van der Waals surface area contributed by atoms with E-state index in [0.29, 0.717) is 25.4 Å². The fourth-order valence-corrected chi connectivity index (χ4v) is 2.67. The van der Waals surface area contributed by atoms with E-state index >= 15 is 0 Å². The minimum Gasteiger partial charge on any atom is -0.465 e. The molecule has 0 amide bonds. The van der Waals surface area contributed by atoms with Gasteiger partial charge in [-0.15, -0.1) is 0 Å². The predicted octanol–water partition coefficient (Wildman–Crippen LogP) is 5.28. The molecule has 0 bridgehead atoms. The molecule has 0 rings (SSSR count). The van der Waals surface area contributed by atoms with Gasteiger partial charge < -0.3 is 9.47 Å². The summed E-state index contributed by atoms with van der Waals surface area (Å²) in [4.78, 5) is 25.2. The summed E-state index contributed by atoms with van der Waals surface area (Å²) in [7, 11) is 0. The van der Waals surface area contributed by atoms with Crippen molar-refractivity contribution >= 4 is 11.9 Å². The van der Waals surface area contributed by atoms with E-state index in [-0.39, 0.29) is 6.10 Å². The number of esters is 2. The molecule has 0 heterocycles. The van der Waals surface area contributed by atoms with Gasteiger partial charge in [-0.25, -0.2) is 0 Å². The number of hydrogen-bond donors (Lipinski definition) is 0. The summed E-state index contributed by atoms with van der Waals surface area (Å²) in [6, 6.07) is 0. The molecular formula is C20H38O4. The molecule has 4 nitrogen and oxygen atoms in total. The zero-order valence-electron chi connectivity index (χ0n) is 16.7. The predicted molar refractivity (Wildman–Crippen MR) is 97.7 cm³/mol. The molecule has 0 aliphatic carbocycles. The topological polar surface area (TPSA) is 52.6 Å². The average Bonchev–Trinajstić information content (AvgIpc) is 2.54. The normalized spacial score (nSPS) is 13.0. The number of rotatable bonds is 13. The van der Waals surface area contributed by atoms with Crippen molar-refractivity contribution in [3.05, 3.63) is 0 Å². The molecule has 0 spiro atoms.